The maximum Gasteiger partial charge on any atom is 0.305 e. The van der Waals surface area contributed by atoms with E-state index >= 15 is 0 Å². The number of ether oxygens (including phenoxy) is 1. The van der Waals surface area contributed by atoms with E-state index < -0.39 is 11.5 Å². The lowest BCUT2D eigenvalue weighted by atomic mass is 10.0. The van der Waals surface area contributed by atoms with Crippen molar-refractivity contribution in [3.8, 4) is 5.75 Å². The van der Waals surface area contributed by atoms with Crippen molar-refractivity contribution in [3.63, 3.8) is 0 Å². The van der Waals surface area contributed by atoms with Crippen LogP contribution in [0.25, 0.3) is 0 Å². The number of hydrogen-bond donors (Lipinski definition) is 3. The number of nitrogens with zero attached hydrogens (tertiary/aromatic N) is 1. The molecule has 0 saturated heterocycles. The van der Waals surface area contributed by atoms with E-state index in [9.17, 15) is 9.59 Å². The van der Waals surface area contributed by atoms with E-state index in [-0.39, 0.29) is 29.9 Å². The summed E-state index contributed by atoms with van der Waals surface area (Å²) in [6.45, 7) is 3.78. The highest BCUT2D eigenvalue weighted by molar-refractivity contribution is 5.68. The SMILES string of the molecule is COc1c(NC(CC(=O)O)C(C)C)nc[nH]c1=O. The Morgan fingerprint density at radius 3 is 2.78 bits per heavy atom. The van der Waals surface area contributed by atoms with Crippen molar-refractivity contribution in [1.29, 1.82) is 0 Å². The molecule has 100 valence electrons. The number of anilines is 1. The summed E-state index contributed by atoms with van der Waals surface area (Å²) in [6.07, 6.45) is 1.18. The van der Waals surface area contributed by atoms with Crippen LogP contribution >= 0.6 is 0 Å². The van der Waals surface area contributed by atoms with Crippen molar-refractivity contribution < 1.29 is 14.6 Å². The molecule has 0 aliphatic heterocycles. The minimum absolute atomic E-state index is 0.0496. The lowest BCUT2D eigenvalue weighted by molar-refractivity contribution is -0.137. The number of carboxylic acid groups (broad SMARTS) is 1. The second kappa shape index (κ2) is 6.04. The van der Waals surface area contributed by atoms with E-state index in [1.54, 1.807) is 0 Å². The van der Waals surface area contributed by atoms with E-state index in [2.05, 4.69) is 15.3 Å². The number of hydrogen-bond acceptors (Lipinski definition) is 5. The number of aromatic nitrogens is 2. The van der Waals surface area contributed by atoms with Gasteiger partial charge in [0.25, 0.3) is 5.56 Å². The highest BCUT2D eigenvalue weighted by Gasteiger charge is 2.20. The largest absolute Gasteiger partial charge is 0.489 e. The van der Waals surface area contributed by atoms with Crippen LogP contribution in [0.1, 0.15) is 20.3 Å². The van der Waals surface area contributed by atoms with Gasteiger partial charge in [0.15, 0.2) is 5.82 Å². The van der Waals surface area contributed by atoms with Crippen molar-refractivity contribution in [2.75, 3.05) is 12.4 Å². The maximum absolute atomic E-state index is 11.5. The summed E-state index contributed by atoms with van der Waals surface area (Å²) in [5.74, 6) is -0.536. The summed E-state index contributed by atoms with van der Waals surface area (Å²) in [5, 5.41) is 11.8. The van der Waals surface area contributed by atoms with Crippen molar-refractivity contribution in [3.05, 3.63) is 16.7 Å². The van der Waals surface area contributed by atoms with Gasteiger partial charge in [-0.2, -0.15) is 0 Å². The Morgan fingerprint density at radius 2 is 2.28 bits per heavy atom. The van der Waals surface area contributed by atoms with E-state index in [1.165, 1.54) is 13.4 Å². The monoisotopic (exact) mass is 255 g/mol. The summed E-state index contributed by atoms with van der Waals surface area (Å²) in [7, 11) is 1.36. The highest BCUT2D eigenvalue weighted by Crippen LogP contribution is 2.19. The van der Waals surface area contributed by atoms with Gasteiger partial charge in [0, 0.05) is 6.04 Å². The number of aromatic amines is 1. The topological polar surface area (TPSA) is 104 Å². The fourth-order valence-corrected chi connectivity index (χ4v) is 1.50. The molecule has 0 aliphatic rings. The summed E-state index contributed by atoms with van der Waals surface area (Å²) < 4.78 is 4.95. The second-order valence-corrected chi connectivity index (χ2v) is 4.21. The number of carbonyl (C=O) groups is 1. The van der Waals surface area contributed by atoms with Crippen molar-refractivity contribution in [1.82, 2.24) is 9.97 Å². The van der Waals surface area contributed by atoms with Crippen LogP contribution in [-0.2, 0) is 4.79 Å². The number of nitrogens with one attached hydrogen (secondary N) is 2. The van der Waals surface area contributed by atoms with E-state index in [4.69, 9.17) is 9.84 Å². The number of rotatable bonds is 6. The molecular weight excluding hydrogens is 238 g/mol. The van der Waals surface area contributed by atoms with Gasteiger partial charge in [-0.15, -0.1) is 0 Å². The predicted octanol–water partition coefficient (Wildman–Crippen LogP) is 0.690. The van der Waals surface area contributed by atoms with Gasteiger partial charge in [-0.3, -0.25) is 9.59 Å². The third-order valence-electron chi connectivity index (χ3n) is 2.54. The van der Waals surface area contributed by atoms with E-state index in [0.717, 1.165) is 0 Å². The second-order valence-electron chi connectivity index (χ2n) is 4.21. The van der Waals surface area contributed by atoms with E-state index in [1.807, 2.05) is 13.8 Å². The molecule has 0 fully saturated rings. The molecule has 7 nitrogen and oxygen atoms in total. The molecule has 0 saturated carbocycles. The first-order chi connectivity index (χ1) is 8.45. The zero-order chi connectivity index (χ0) is 13.7. The lowest BCUT2D eigenvalue weighted by Crippen LogP contribution is -2.30. The number of methoxy groups -OCH3 is 1. The zero-order valence-corrected chi connectivity index (χ0v) is 10.6. The molecule has 0 aromatic carbocycles. The molecule has 0 radical (unpaired) electrons. The van der Waals surface area contributed by atoms with Crippen LogP contribution in [0.4, 0.5) is 5.82 Å². The molecule has 1 unspecified atom stereocenters. The van der Waals surface area contributed by atoms with E-state index in [0.29, 0.717) is 0 Å². The Balaban J connectivity index is 2.97. The van der Waals surface area contributed by atoms with Crippen LogP contribution in [0.15, 0.2) is 11.1 Å². The Bertz CT molecular complexity index is 470. The Labute approximate surface area is 104 Å². The molecule has 1 aromatic rings. The zero-order valence-electron chi connectivity index (χ0n) is 10.6. The first-order valence-corrected chi connectivity index (χ1v) is 5.55. The van der Waals surface area contributed by atoms with Crippen LogP contribution in [0.5, 0.6) is 5.75 Å². The van der Waals surface area contributed by atoms with Gasteiger partial charge in [0.1, 0.15) is 0 Å². The molecule has 1 aromatic heterocycles. The van der Waals surface area contributed by atoms with Gasteiger partial charge in [0.05, 0.1) is 19.9 Å². The number of aliphatic carboxylic acids is 1. The van der Waals surface area contributed by atoms with Gasteiger partial charge in [-0.05, 0) is 5.92 Å². The van der Waals surface area contributed by atoms with Crippen molar-refractivity contribution in [2.45, 2.75) is 26.3 Å². The van der Waals surface area contributed by atoms with Crippen molar-refractivity contribution >= 4 is 11.8 Å². The molecule has 18 heavy (non-hydrogen) atoms. The highest BCUT2D eigenvalue weighted by atomic mass is 16.5. The summed E-state index contributed by atoms with van der Waals surface area (Å²) in [4.78, 5) is 28.6. The minimum atomic E-state index is -0.912. The minimum Gasteiger partial charge on any atom is -0.489 e. The molecule has 1 atom stereocenters. The predicted molar refractivity (Wildman–Crippen MR) is 65.9 cm³/mol. The van der Waals surface area contributed by atoms with Crippen LogP contribution in [0, 0.1) is 5.92 Å². The Kier molecular flexibility index (Phi) is 4.70. The fourth-order valence-electron chi connectivity index (χ4n) is 1.50. The standard InChI is InChI=1S/C11H17N3O4/c1-6(2)7(4-8(15)16)14-10-9(18-3)11(17)13-5-12-10/h5-7H,4H2,1-3H3,(H,15,16)(H2,12,13,14,17). The van der Waals surface area contributed by atoms with Crippen LogP contribution < -0.4 is 15.6 Å². The summed E-state index contributed by atoms with van der Waals surface area (Å²) in [6, 6.07) is -0.328. The molecule has 0 bridgehead atoms. The smallest absolute Gasteiger partial charge is 0.305 e. The molecule has 0 amide bonds. The van der Waals surface area contributed by atoms with Gasteiger partial charge in [0.2, 0.25) is 5.75 Å². The van der Waals surface area contributed by atoms with Gasteiger partial charge < -0.3 is 20.1 Å². The number of carboxylic acids is 1. The lowest BCUT2D eigenvalue weighted by Gasteiger charge is -2.21. The summed E-state index contributed by atoms with van der Waals surface area (Å²) in [5.41, 5.74) is -0.409. The molecule has 7 heteroatoms. The van der Waals surface area contributed by atoms with Gasteiger partial charge >= 0.3 is 5.97 Å². The molecule has 0 spiro atoms. The Morgan fingerprint density at radius 1 is 1.61 bits per heavy atom. The third-order valence-corrected chi connectivity index (χ3v) is 2.54. The normalized spacial score (nSPS) is 12.2. The molecule has 3 N–H and O–H groups in total. The van der Waals surface area contributed by atoms with Crippen molar-refractivity contribution in [2.24, 2.45) is 5.92 Å². The average Bonchev–Trinajstić information content (AvgIpc) is 2.27. The maximum atomic E-state index is 11.5. The van der Waals surface area contributed by atoms with Gasteiger partial charge in [-0.1, -0.05) is 13.8 Å². The first-order valence-electron chi connectivity index (χ1n) is 5.55. The Hall–Kier alpha value is -2.05. The third kappa shape index (κ3) is 3.47. The average molecular weight is 255 g/mol. The van der Waals surface area contributed by atoms with Crippen LogP contribution in [0.2, 0.25) is 0 Å². The molecule has 1 rings (SSSR count). The number of H-pyrrole nitrogens is 1. The quantitative estimate of drug-likeness (QED) is 0.690. The molecular formula is C11H17N3O4. The van der Waals surface area contributed by atoms with Crippen LogP contribution in [0.3, 0.4) is 0 Å². The molecule has 1 heterocycles. The first kappa shape index (κ1) is 14.0. The summed E-state index contributed by atoms with van der Waals surface area (Å²) >= 11 is 0. The fraction of sp³-hybridized carbons (Fsp3) is 0.545. The van der Waals surface area contributed by atoms with Crippen LogP contribution in [-0.4, -0.2) is 34.2 Å². The van der Waals surface area contributed by atoms with Gasteiger partial charge in [-0.25, -0.2) is 4.98 Å². The molecule has 0 aliphatic carbocycles.